The highest BCUT2D eigenvalue weighted by Crippen LogP contribution is 2.22. The molecule has 0 spiro atoms. The molecule has 2 aromatic rings. The normalized spacial score (nSPS) is 10.5. The standard InChI is InChI=1S/C13H16N4O3S/c1-17-7-9(6-15-17)13-16-10(8-21-13)12(20)14-5-3-2-4-11(18)19/h6-8H,2-5H2,1H3,(H,14,20)(H,18,19). The van der Waals surface area contributed by atoms with E-state index in [1.807, 2.05) is 13.2 Å². The number of rotatable bonds is 7. The number of aryl methyl sites for hydroxylation is 1. The molecule has 1 amide bonds. The van der Waals surface area contributed by atoms with Crippen LogP contribution in [-0.4, -0.2) is 38.3 Å². The van der Waals surface area contributed by atoms with E-state index in [0.29, 0.717) is 25.1 Å². The Labute approximate surface area is 125 Å². The zero-order valence-corrected chi connectivity index (χ0v) is 12.4. The predicted octanol–water partition coefficient (Wildman–Crippen LogP) is 1.53. The summed E-state index contributed by atoms with van der Waals surface area (Å²) in [5.74, 6) is -1.06. The molecule has 0 atom stereocenters. The van der Waals surface area contributed by atoms with Crippen LogP contribution in [0.25, 0.3) is 10.6 Å². The Bertz CT molecular complexity index is 635. The van der Waals surface area contributed by atoms with E-state index in [2.05, 4.69) is 15.4 Å². The van der Waals surface area contributed by atoms with Gasteiger partial charge in [0, 0.05) is 37.2 Å². The van der Waals surface area contributed by atoms with Gasteiger partial charge in [0.2, 0.25) is 0 Å². The molecular weight excluding hydrogens is 292 g/mol. The van der Waals surface area contributed by atoms with E-state index < -0.39 is 5.97 Å². The molecule has 7 nitrogen and oxygen atoms in total. The van der Waals surface area contributed by atoms with Gasteiger partial charge < -0.3 is 10.4 Å². The third-order valence-corrected chi connectivity index (χ3v) is 3.68. The minimum absolute atomic E-state index is 0.123. The van der Waals surface area contributed by atoms with Crippen molar-refractivity contribution in [2.75, 3.05) is 6.54 Å². The minimum Gasteiger partial charge on any atom is -0.481 e. The average molecular weight is 308 g/mol. The lowest BCUT2D eigenvalue weighted by Gasteiger charge is -2.01. The van der Waals surface area contributed by atoms with E-state index in [1.165, 1.54) is 11.3 Å². The number of carbonyl (C=O) groups is 2. The Morgan fingerprint density at radius 2 is 2.24 bits per heavy atom. The summed E-state index contributed by atoms with van der Waals surface area (Å²) >= 11 is 1.39. The molecule has 0 aromatic carbocycles. The summed E-state index contributed by atoms with van der Waals surface area (Å²) in [6, 6.07) is 0. The van der Waals surface area contributed by atoms with Gasteiger partial charge in [-0.15, -0.1) is 11.3 Å². The highest BCUT2D eigenvalue weighted by molar-refractivity contribution is 7.13. The van der Waals surface area contributed by atoms with E-state index in [4.69, 9.17) is 5.11 Å². The number of carbonyl (C=O) groups excluding carboxylic acids is 1. The number of hydrogen-bond donors (Lipinski definition) is 2. The number of aliphatic carboxylic acids is 1. The van der Waals surface area contributed by atoms with Crippen LogP contribution in [0.5, 0.6) is 0 Å². The van der Waals surface area contributed by atoms with Crippen molar-refractivity contribution in [2.45, 2.75) is 19.3 Å². The fourth-order valence-electron chi connectivity index (χ4n) is 1.74. The van der Waals surface area contributed by atoms with Gasteiger partial charge in [-0.3, -0.25) is 14.3 Å². The van der Waals surface area contributed by atoms with Crippen LogP contribution in [0.1, 0.15) is 29.8 Å². The first-order valence-corrected chi connectivity index (χ1v) is 7.39. The Morgan fingerprint density at radius 1 is 1.43 bits per heavy atom. The SMILES string of the molecule is Cn1cc(-c2nc(C(=O)NCCCCC(=O)O)cs2)cn1. The molecule has 0 unspecified atom stereocenters. The van der Waals surface area contributed by atoms with Gasteiger partial charge in [-0.25, -0.2) is 4.98 Å². The first kappa shape index (κ1) is 15.2. The molecule has 2 N–H and O–H groups in total. The predicted molar refractivity (Wildman–Crippen MR) is 78.1 cm³/mol. The van der Waals surface area contributed by atoms with E-state index in [0.717, 1.165) is 10.6 Å². The van der Waals surface area contributed by atoms with Crippen LogP contribution < -0.4 is 5.32 Å². The zero-order valence-electron chi connectivity index (χ0n) is 11.6. The zero-order chi connectivity index (χ0) is 15.2. The minimum atomic E-state index is -0.818. The number of thiazole rings is 1. The lowest BCUT2D eigenvalue weighted by Crippen LogP contribution is -2.24. The van der Waals surface area contributed by atoms with Crippen LogP contribution in [0.4, 0.5) is 0 Å². The Hall–Kier alpha value is -2.22. The number of carboxylic acid groups (broad SMARTS) is 1. The third kappa shape index (κ3) is 4.38. The summed E-state index contributed by atoms with van der Waals surface area (Å²) in [7, 11) is 1.82. The van der Waals surface area contributed by atoms with E-state index in [9.17, 15) is 9.59 Å². The lowest BCUT2D eigenvalue weighted by molar-refractivity contribution is -0.137. The number of amides is 1. The first-order chi connectivity index (χ1) is 10.1. The van der Waals surface area contributed by atoms with E-state index >= 15 is 0 Å². The van der Waals surface area contributed by atoms with Crippen molar-refractivity contribution in [3.8, 4) is 10.6 Å². The average Bonchev–Trinajstić information content (AvgIpc) is 3.06. The third-order valence-electron chi connectivity index (χ3n) is 2.79. The first-order valence-electron chi connectivity index (χ1n) is 6.51. The van der Waals surface area contributed by atoms with Gasteiger partial charge in [0.05, 0.1) is 6.20 Å². The molecule has 0 fully saturated rings. The summed E-state index contributed by atoms with van der Waals surface area (Å²) in [4.78, 5) is 26.5. The summed E-state index contributed by atoms with van der Waals surface area (Å²) in [5, 5.41) is 17.8. The van der Waals surface area contributed by atoms with Gasteiger partial charge in [0.1, 0.15) is 10.7 Å². The monoisotopic (exact) mass is 308 g/mol. The Balaban J connectivity index is 1.83. The molecule has 112 valence electrons. The lowest BCUT2D eigenvalue weighted by atomic mass is 10.2. The summed E-state index contributed by atoms with van der Waals surface area (Å²) in [6.07, 6.45) is 4.85. The van der Waals surface area contributed by atoms with E-state index in [1.54, 1.807) is 16.3 Å². The van der Waals surface area contributed by atoms with Crippen LogP contribution in [0.2, 0.25) is 0 Å². The van der Waals surface area contributed by atoms with Crippen LogP contribution >= 0.6 is 11.3 Å². The van der Waals surface area contributed by atoms with Crippen LogP contribution in [-0.2, 0) is 11.8 Å². The van der Waals surface area contributed by atoms with Gasteiger partial charge in [0.15, 0.2) is 0 Å². The number of unbranched alkanes of at least 4 members (excludes halogenated alkanes) is 1. The molecule has 2 rings (SSSR count). The fourth-order valence-corrected chi connectivity index (χ4v) is 2.51. The van der Waals surface area contributed by atoms with E-state index in [-0.39, 0.29) is 12.3 Å². The smallest absolute Gasteiger partial charge is 0.303 e. The fraction of sp³-hybridized carbons (Fsp3) is 0.385. The molecule has 0 aliphatic rings. The second-order valence-electron chi connectivity index (χ2n) is 4.55. The molecule has 0 aliphatic heterocycles. The quantitative estimate of drug-likeness (QED) is 0.756. The van der Waals surface area contributed by atoms with Crippen molar-refractivity contribution in [2.24, 2.45) is 7.05 Å². The van der Waals surface area contributed by atoms with Gasteiger partial charge >= 0.3 is 5.97 Å². The van der Waals surface area contributed by atoms with Crippen LogP contribution in [0, 0.1) is 0 Å². The number of hydrogen-bond acceptors (Lipinski definition) is 5. The summed E-state index contributed by atoms with van der Waals surface area (Å²) in [6.45, 7) is 0.450. The van der Waals surface area contributed by atoms with Crippen molar-refractivity contribution in [3.05, 3.63) is 23.5 Å². The molecule has 0 bridgehead atoms. The molecule has 8 heteroatoms. The van der Waals surface area contributed by atoms with Crippen molar-refractivity contribution >= 4 is 23.2 Å². The van der Waals surface area contributed by atoms with Crippen molar-refractivity contribution < 1.29 is 14.7 Å². The number of carboxylic acids is 1. The maximum atomic E-state index is 11.9. The second kappa shape index (κ2) is 6.98. The van der Waals surface area contributed by atoms with Gasteiger partial charge in [-0.05, 0) is 12.8 Å². The molecule has 0 radical (unpaired) electrons. The molecule has 21 heavy (non-hydrogen) atoms. The summed E-state index contributed by atoms with van der Waals surface area (Å²) < 4.78 is 1.68. The van der Waals surface area contributed by atoms with Crippen LogP contribution in [0.15, 0.2) is 17.8 Å². The van der Waals surface area contributed by atoms with Gasteiger partial charge in [0.25, 0.3) is 5.91 Å². The van der Waals surface area contributed by atoms with Crippen LogP contribution in [0.3, 0.4) is 0 Å². The van der Waals surface area contributed by atoms with Crippen molar-refractivity contribution in [1.82, 2.24) is 20.1 Å². The summed E-state index contributed by atoms with van der Waals surface area (Å²) in [5.41, 5.74) is 1.25. The number of nitrogens with one attached hydrogen (secondary N) is 1. The van der Waals surface area contributed by atoms with Crippen molar-refractivity contribution in [1.29, 1.82) is 0 Å². The molecular formula is C13H16N4O3S. The Morgan fingerprint density at radius 3 is 2.90 bits per heavy atom. The topological polar surface area (TPSA) is 97.1 Å². The maximum absolute atomic E-state index is 11.9. The largest absolute Gasteiger partial charge is 0.481 e. The molecule has 0 saturated carbocycles. The molecule has 2 aromatic heterocycles. The van der Waals surface area contributed by atoms with Gasteiger partial charge in [-0.1, -0.05) is 0 Å². The molecule has 2 heterocycles. The molecule has 0 saturated heterocycles. The number of aromatic nitrogens is 3. The highest BCUT2D eigenvalue weighted by atomic mass is 32.1. The maximum Gasteiger partial charge on any atom is 0.303 e. The highest BCUT2D eigenvalue weighted by Gasteiger charge is 2.12. The Kier molecular flexibility index (Phi) is 5.04. The molecule has 0 aliphatic carbocycles. The van der Waals surface area contributed by atoms with Crippen molar-refractivity contribution in [3.63, 3.8) is 0 Å². The second-order valence-corrected chi connectivity index (χ2v) is 5.41. The van der Waals surface area contributed by atoms with Gasteiger partial charge in [-0.2, -0.15) is 5.10 Å². The number of nitrogens with zero attached hydrogens (tertiary/aromatic N) is 3.